The van der Waals surface area contributed by atoms with Gasteiger partial charge in [0, 0.05) is 5.69 Å². The molecule has 0 radical (unpaired) electrons. The van der Waals surface area contributed by atoms with Crippen LogP contribution in [0.25, 0.3) is 0 Å². The SMILES string of the molecule is CC1NC(=NC2CCc3ccccc32)Nc2ccccc21. The fourth-order valence-electron chi connectivity index (χ4n) is 3.33. The number of anilines is 1. The number of para-hydroxylation sites is 1. The van der Waals surface area contributed by atoms with E-state index in [1.54, 1.807) is 0 Å². The lowest BCUT2D eigenvalue weighted by Gasteiger charge is -2.28. The molecule has 2 aromatic carbocycles. The van der Waals surface area contributed by atoms with Gasteiger partial charge >= 0.3 is 0 Å². The second kappa shape index (κ2) is 4.92. The average Bonchev–Trinajstić information content (AvgIpc) is 2.91. The van der Waals surface area contributed by atoms with E-state index in [9.17, 15) is 0 Å². The number of hydrogen-bond donors (Lipinski definition) is 2. The van der Waals surface area contributed by atoms with Crippen LogP contribution in [0.2, 0.25) is 0 Å². The van der Waals surface area contributed by atoms with Crippen LogP contribution >= 0.6 is 0 Å². The molecule has 0 saturated carbocycles. The van der Waals surface area contributed by atoms with Crippen molar-refractivity contribution in [3.8, 4) is 0 Å². The fourth-order valence-corrected chi connectivity index (χ4v) is 3.33. The molecule has 0 saturated heterocycles. The molecule has 1 heterocycles. The molecule has 2 aromatic rings. The van der Waals surface area contributed by atoms with E-state index in [1.165, 1.54) is 16.7 Å². The number of nitrogens with one attached hydrogen (secondary N) is 2. The Balaban J connectivity index is 1.64. The molecule has 2 atom stereocenters. The maximum atomic E-state index is 4.92. The second-order valence-electron chi connectivity index (χ2n) is 5.81. The molecule has 0 spiro atoms. The highest BCUT2D eigenvalue weighted by atomic mass is 15.2. The Morgan fingerprint density at radius 3 is 2.67 bits per heavy atom. The summed E-state index contributed by atoms with van der Waals surface area (Å²) in [6, 6.07) is 17.6. The van der Waals surface area contributed by atoms with Crippen LogP contribution in [-0.4, -0.2) is 5.96 Å². The smallest absolute Gasteiger partial charge is 0.196 e. The molecule has 1 aliphatic heterocycles. The molecule has 4 rings (SSSR count). The number of hydrogen-bond acceptors (Lipinski definition) is 1. The van der Waals surface area contributed by atoms with Crippen molar-refractivity contribution in [2.75, 3.05) is 5.32 Å². The first kappa shape index (κ1) is 12.5. The summed E-state index contributed by atoms with van der Waals surface area (Å²) in [5.41, 5.74) is 5.27. The molecule has 0 aromatic heterocycles. The van der Waals surface area contributed by atoms with E-state index in [0.29, 0.717) is 0 Å². The van der Waals surface area contributed by atoms with Crippen LogP contribution in [0.4, 0.5) is 5.69 Å². The first-order valence-corrected chi connectivity index (χ1v) is 7.59. The summed E-state index contributed by atoms with van der Waals surface area (Å²) in [6.45, 7) is 2.18. The highest BCUT2D eigenvalue weighted by molar-refractivity contribution is 5.97. The maximum Gasteiger partial charge on any atom is 0.196 e. The summed E-state index contributed by atoms with van der Waals surface area (Å²) in [6.07, 6.45) is 2.23. The molecule has 3 heteroatoms. The summed E-state index contributed by atoms with van der Waals surface area (Å²) >= 11 is 0. The standard InChI is InChI=1S/C18H19N3/c1-12-14-7-4-5-9-16(14)20-18(19-12)21-17-11-10-13-6-2-3-8-15(13)17/h2-9,12,17H,10-11H2,1H3,(H2,19,20,21). The molecule has 2 N–H and O–H groups in total. The molecule has 106 valence electrons. The lowest BCUT2D eigenvalue weighted by molar-refractivity contribution is 0.670. The van der Waals surface area contributed by atoms with Crippen molar-refractivity contribution in [1.82, 2.24) is 5.32 Å². The summed E-state index contributed by atoms with van der Waals surface area (Å²) in [5.74, 6) is 0.892. The van der Waals surface area contributed by atoms with Crippen LogP contribution < -0.4 is 10.6 Å². The van der Waals surface area contributed by atoms with Crippen LogP contribution in [0.3, 0.4) is 0 Å². The molecule has 0 bridgehead atoms. The zero-order valence-corrected chi connectivity index (χ0v) is 12.1. The van der Waals surface area contributed by atoms with Crippen LogP contribution in [0, 0.1) is 0 Å². The van der Waals surface area contributed by atoms with Gasteiger partial charge in [-0.05, 0) is 42.5 Å². The van der Waals surface area contributed by atoms with Crippen molar-refractivity contribution in [1.29, 1.82) is 0 Å². The van der Waals surface area contributed by atoms with Crippen molar-refractivity contribution in [2.45, 2.75) is 31.8 Å². The number of fused-ring (bicyclic) bond motifs is 2. The third-order valence-corrected chi connectivity index (χ3v) is 4.42. The van der Waals surface area contributed by atoms with Crippen molar-refractivity contribution >= 4 is 11.6 Å². The van der Waals surface area contributed by atoms with Crippen LogP contribution in [0.5, 0.6) is 0 Å². The summed E-state index contributed by atoms with van der Waals surface area (Å²) in [7, 11) is 0. The molecular formula is C18H19N3. The van der Waals surface area contributed by atoms with Crippen molar-refractivity contribution in [2.24, 2.45) is 4.99 Å². The predicted octanol–water partition coefficient (Wildman–Crippen LogP) is 3.81. The normalized spacial score (nSPS) is 24.9. The lowest BCUT2D eigenvalue weighted by Crippen LogP contribution is -2.38. The first-order chi connectivity index (χ1) is 10.3. The molecule has 0 fully saturated rings. The van der Waals surface area contributed by atoms with Crippen LogP contribution in [-0.2, 0) is 6.42 Å². The largest absolute Gasteiger partial charge is 0.349 e. The average molecular weight is 277 g/mol. The Labute approximate surface area is 125 Å². The minimum absolute atomic E-state index is 0.272. The van der Waals surface area contributed by atoms with E-state index in [-0.39, 0.29) is 12.1 Å². The van der Waals surface area contributed by atoms with E-state index in [1.807, 2.05) is 0 Å². The van der Waals surface area contributed by atoms with Crippen molar-refractivity contribution in [3.63, 3.8) is 0 Å². The fraction of sp³-hybridized carbons (Fsp3) is 0.278. The van der Waals surface area contributed by atoms with Gasteiger partial charge in [-0.2, -0.15) is 0 Å². The third kappa shape index (κ3) is 2.19. The van der Waals surface area contributed by atoms with Crippen molar-refractivity contribution in [3.05, 3.63) is 65.2 Å². The van der Waals surface area contributed by atoms with E-state index in [4.69, 9.17) is 4.99 Å². The Hall–Kier alpha value is -2.29. The lowest BCUT2D eigenvalue weighted by atomic mass is 10.0. The highest BCUT2D eigenvalue weighted by Gasteiger charge is 2.24. The van der Waals surface area contributed by atoms with Gasteiger partial charge < -0.3 is 10.6 Å². The zero-order chi connectivity index (χ0) is 14.2. The Morgan fingerprint density at radius 1 is 1.00 bits per heavy atom. The summed E-state index contributed by atoms with van der Waals surface area (Å²) < 4.78 is 0. The van der Waals surface area contributed by atoms with E-state index < -0.39 is 0 Å². The van der Waals surface area contributed by atoms with Gasteiger partial charge in [0.05, 0.1) is 12.1 Å². The topological polar surface area (TPSA) is 36.4 Å². The zero-order valence-electron chi connectivity index (χ0n) is 12.1. The molecule has 2 aliphatic rings. The van der Waals surface area contributed by atoms with E-state index >= 15 is 0 Å². The molecule has 3 nitrogen and oxygen atoms in total. The number of aliphatic imine (C=N–C) groups is 1. The predicted molar refractivity (Wildman–Crippen MR) is 86.6 cm³/mol. The van der Waals surface area contributed by atoms with Gasteiger partial charge in [-0.3, -0.25) is 0 Å². The Kier molecular flexibility index (Phi) is 2.92. The molecular weight excluding hydrogens is 258 g/mol. The molecule has 1 aliphatic carbocycles. The van der Waals surface area contributed by atoms with Gasteiger partial charge in [0.1, 0.15) is 0 Å². The quantitative estimate of drug-likeness (QED) is 0.831. The van der Waals surface area contributed by atoms with E-state index in [0.717, 1.165) is 24.5 Å². The number of nitrogens with zero attached hydrogens (tertiary/aromatic N) is 1. The highest BCUT2D eigenvalue weighted by Crippen LogP contribution is 2.34. The van der Waals surface area contributed by atoms with Gasteiger partial charge in [-0.15, -0.1) is 0 Å². The molecule has 2 unspecified atom stereocenters. The minimum Gasteiger partial charge on any atom is -0.349 e. The molecule has 21 heavy (non-hydrogen) atoms. The van der Waals surface area contributed by atoms with Gasteiger partial charge in [-0.25, -0.2) is 4.99 Å². The Bertz CT molecular complexity index is 705. The Morgan fingerprint density at radius 2 is 1.76 bits per heavy atom. The van der Waals surface area contributed by atoms with Gasteiger partial charge in [0.15, 0.2) is 5.96 Å². The monoisotopic (exact) mass is 277 g/mol. The number of aryl methyl sites for hydroxylation is 1. The van der Waals surface area contributed by atoms with Gasteiger partial charge in [0.2, 0.25) is 0 Å². The van der Waals surface area contributed by atoms with Gasteiger partial charge in [0.25, 0.3) is 0 Å². The van der Waals surface area contributed by atoms with Crippen LogP contribution in [0.15, 0.2) is 53.5 Å². The number of guanidine groups is 1. The summed E-state index contributed by atoms with van der Waals surface area (Å²) in [4.78, 5) is 4.92. The second-order valence-corrected chi connectivity index (χ2v) is 5.81. The van der Waals surface area contributed by atoms with Crippen LogP contribution in [0.1, 0.15) is 42.1 Å². The minimum atomic E-state index is 0.272. The summed E-state index contributed by atoms with van der Waals surface area (Å²) in [5, 5.41) is 6.89. The van der Waals surface area contributed by atoms with Gasteiger partial charge in [-0.1, -0.05) is 42.5 Å². The first-order valence-electron chi connectivity index (χ1n) is 7.59. The molecule has 0 amide bonds. The third-order valence-electron chi connectivity index (χ3n) is 4.42. The van der Waals surface area contributed by atoms with Crippen molar-refractivity contribution < 1.29 is 0 Å². The van der Waals surface area contributed by atoms with E-state index in [2.05, 4.69) is 66.1 Å². The number of rotatable bonds is 1. The maximum absolute atomic E-state index is 4.92. The number of benzene rings is 2.